The molecule has 1 aromatic rings. The van der Waals surface area contributed by atoms with Gasteiger partial charge >= 0.3 is 0 Å². The summed E-state index contributed by atoms with van der Waals surface area (Å²) >= 11 is 6.14. The second-order valence-corrected chi connectivity index (χ2v) is 5.32. The van der Waals surface area contributed by atoms with Gasteiger partial charge in [0.25, 0.3) is 0 Å². The van der Waals surface area contributed by atoms with Gasteiger partial charge in [-0.25, -0.2) is 0 Å². The Hall–Kier alpha value is -0.690. The molecule has 0 N–H and O–H groups in total. The van der Waals surface area contributed by atoms with Crippen molar-refractivity contribution < 1.29 is 4.74 Å². The highest BCUT2D eigenvalue weighted by Crippen LogP contribution is 2.34. The summed E-state index contributed by atoms with van der Waals surface area (Å²) in [6.07, 6.45) is 6.58. The summed E-state index contributed by atoms with van der Waals surface area (Å²) in [6, 6.07) is 8.37. The van der Waals surface area contributed by atoms with E-state index in [1.165, 1.54) is 31.2 Å². The van der Waals surface area contributed by atoms with Crippen molar-refractivity contribution in [1.29, 1.82) is 0 Å². The molecule has 0 heterocycles. The van der Waals surface area contributed by atoms with Gasteiger partial charge in [0.05, 0.1) is 7.11 Å². The van der Waals surface area contributed by atoms with Gasteiger partial charge < -0.3 is 4.74 Å². The lowest BCUT2D eigenvalue weighted by atomic mass is 9.87. The molecule has 17 heavy (non-hydrogen) atoms. The van der Waals surface area contributed by atoms with Crippen LogP contribution < -0.4 is 4.74 Å². The van der Waals surface area contributed by atoms with Crippen LogP contribution in [0.15, 0.2) is 24.3 Å². The normalized spacial score (nSPS) is 18.2. The van der Waals surface area contributed by atoms with Gasteiger partial charge in [0.15, 0.2) is 0 Å². The molecule has 0 radical (unpaired) electrons. The Kier molecular flexibility index (Phi) is 4.73. The van der Waals surface area contributed by atoms with Crippen molar-refractivity contribution in [2.45, 2.75) is 32.1 Å². The monoisotopic (exact) mass is 252 g/mol. The fraction of sp³-hybridized carbons (Fsp3) is 0.600. The maximum absolute atomic E-state index is 6.14. The molecule has 1 saturated carbocycles. The molecule has 2 heteroatoms. The van der Waals surface area contributed by atoms with E-state index >= 15 is 0 Å². The van der Waals surface area contributed by atoms with Gasteiger partial charge in [-0.2, -0.15) is 0 Å². The van der Waals surface area contributed by atoms with Crippen LogP contribution in [0.3, 0.4) is 0 Å². The zero-order valence-corrected chi connectivity index (χ0v) is 11.2. The van der Waals surface area contributed by atoms with Crippen LogP contribution in [0.25, 0.3) is 0 Å². The zero-order valence-electron chi connectivity index (χ0n) is 10.5. The molecule has 0 saturated heterocycles. The molecule has 1 atom stereocenters. The predicted molar refractivity (Wildman–Crippen MR) is 72.9 cm³/mol. The third-order valence-corrected chi connectivity index (χ3v) is 4.29. The Morgan fingerprint density at radius 1 is 1.35 bits per heavy atom. The number of ether oxygens (including phenoxy) is 1. The van der Waals surface area contributed by atoms with Gasteiger partial charge in [0.1, 0.15) is 5.75 Å². The number of methoxy groups -OCH3 is 1. The molecule has 0 aromatic heterocycles. The first-order valence-corrected chi connectivity index (χ1v) is 7.06. The lowest BCUT2D eigenvalue weighted by Gasteiger charge is -2.21. The number of halogens is 1. The topological polar surface area (TPSA) is 9.23 Å². The molecule has 0 bridgehead atoms. The smallest absolute Gasteiger partial charge is 0.119 e. The summed E-state index contributed by atoms with van der Waals surface area (Å²) in [6.45, 7) is 0. The second kappa shape index (κ2) is 6.30. The van der Waals surface area contributed by atoms with E-state index in [0.717, 1.165) is 24.0 Å². The van der Waals surface area contributed by atoms with Crippen LogP contribution in [-0.4, -0.2) is 13.0 Å². The number of benzene rings is 1. The number of hydrogen-bond acceptors (Lipinski definition) is 1. The van der Waals surface area contributed by atoms with E-state index in [1.54, 1.807) is 7.11 Å². The summed E-state index contributed by atoms with van der Waals surface area (Å²) in [5, 5.41) is 0. The number of alkyl halides is 1. The van der Waals surface area contributed by atoms with E-state index in [-0.39, 0.29) is 0 Å². The minimum atomic E-state index is 0.631. The first kappa shape index (κ1) is 12.8. The summed E-state index contributed by atoms with van der Waals surface area (Å²) in [4.78, 5) is 0. The van der Waals surface area contributed by atoms with Crippen molar-refractivity contribution in [3.63, 3.8) is 0 Å². The second-order valence-electron chi connectivity index (χ2n) is 5.01. The quantitative estimate of drug-likeness (QED) is 0.711. The Morgan fingerprint density at radius 2 is 2.12 bits per heavy atom. The largest absolute Gasteiger partial charge is 0.497 e. The summed E-state index contributed by atoms with van der Waals surface area (Å²) < 4.78 is 5.26. The Balaban J connectivity index is 2.01. The van der Waals surface area contributed by atoms with E-state index in [4.69, 9.17) is 16.3 Å². The van der Waals surface area contributed by atoms with Crippen molar-refractivity contribution in [3.05, 3.63) is 29.8 Å². The van der Waals surface area contributed by atoms with E-state index in [1.807, 2.05) is 6.07 Å². The van der Waals surface area contributed by atoms with Gasteiger partial charge in [-0.1, -0.05) is 37.8 Å². The van der Waals surface area contributed by atoms with Crippen LogP contribution in [0.4, 0.5) is 0 Å². The highest BCUT2D eigenvalue weighted by Gasteiger charge is 2.24. The summed E-state index contributed by atoms with van der Waals surface area (Å²) in [5.41, 5.74) is 1.35. The van der Waals surface area contributed by atoms with Crippen molar-refractivity contribution >= 4 is 11.6 Å². The van der Waals surface area contributed by atoms with Crippen LogP contribution in [0.2, 0.25) is 0 Å². The van der Waals surface area contributed by atoms with Crippen molar-refractivity contribution in [2.24, 2.45) is 11.8 Å². The molecule has 1 nitrogen and oxygen atoms in total. The van der Waals surface area contributed by atoms with E-state index < -0.39 is 0 Å². The van der Waals surface area contributed by atoms with Gasteiger partial charge in [0.2, 0.25) is 0 Å². The van der Waals surface area contributed by atoms with E-state index in [9.17, 15) is 0 Å². The van der Waals surface area contributed by atoms with Gasteiger partial charge in [-0.05, 0) is 36.0 Å². The third-order valence-electron chi connectivity index (χ3n) is 3.90. The van der Waals surface area contributed by atoms with Crippen LogP contribution in [-0.2, 0) is 6.42 Å². The molecule has 1 aromatic carbocycles. The SMILES string of the molecule is COc1cccc(CC(CCl)C2CCCC2)c1. The third kappa shape index (κ3) is 3.38. The standard InChI is InChI=1S/C15H21ClO/c1-17-15-8-4-5-12(10-15)9-14(11-16)13-6-2-3-7-13/h4-5,8,10,13-14H,2-3,6-7,9,11H2,1H3. The molecule has 1 unspecified atom stereocenters. The minimum Gasteiger partial charge on any atom is -0.497 e. The van der Waals surface area contributed by atoms with Gasteiger partial charge in [-0.15, -0.1) is 11.6 Å². The van der Waals surface area contributed by atoms with Crippen molar-refractivity contribution in [3.8, 4) is 5.75 Å². The Morgan fingerprint density at radius 3 is 2.76 bits per heavy atom. The predicted octanol–water partition coefficient (Wildman–Crippen LogP) is 4.28. The first-order valence-electron chi connectivity index (χ1n) is 6.52. The number of rotatable bonds is 5. The molecule has 0 amide bonds. The fourth-order valence-electron chi connectivity index (χ4n) is 2.88. The molecular formula is C15H21ClO. The average molecular weight is 253 g/mol. The molecule has 0 spiro atoms. The van der Waals surface area contributed by atoms with Crippen LogP contribution in [0.5, 0.6) is 5.75 Å². The molecule has 1 aliphatic rings. The molecule has 94 valence electrons. The van der Waals surface area contributed by atoms with Crippen molar-refractivity contribution in [2.75, 3.05) is 13.0 Å². The van der Waals surface area contributed by atoms with Crippen LogP contribution in [0, 0.1) is 11.8 Å². The fourth-order valence-corrected chi connectivity index (χ4v) is 3.24. The van der Waals surface area contributed by atoms with E-state index in [0.29, 0.717) is 5.92 Å². The Bertz CT molecular complexity index is 345. The summed E-state index contributed by atoms with van der Waals surface area (Å²) in [7, 11) is 1.72. The molecule has 1 fully saturated rings. The van der Waals surface area contributed by atoms with Crippen LogP contribution in [0.1, 0.15) is 31.2 Å². The lowest BCUT2D eigenvalue weighted by Crippen LogP contribution is -2.16. The highest BCUT2D eigenvalue weighted by atomic mass is 35.5. The van der Waals surface area contributed by atoms with E-state index in [2.05, 4.69) is 18.2 Å². The molecule has 0 aliphatic heterocycles. The molecule has 1 aliphatic carbocycles. The first-order chi connectivity index (χ1) is 8.33. The van der Waals surface area contributed by atoms with Gasteiger partial charge in [-0.3, -0.25) is 0 Å². The maximum atomic E-state index is 6.14. The van der Waals surface area contributed by atoms with Crippen LogP contribution >= 0.6 is 11.6 Å². The number of hydrogen-bond donors (Lipinski definition) is 0. The molecular weight excluding hydrogens is 232 g/mol. The van der Waals surface area contributed by atoms with Gasteiger partial charge in [0, 0.05) is 5.88 Å². The maximum Gasteiger partial charge on any atom is 0.119 e. The minimum absolute atomic E-state index is 0.631. The average Bonchev–Trinajstić information content (AvgIpc) is 2.90. The Labute approximate surface area is 109 Å². The summed E-state index contributed by atoms with van der Waals surface area (Å²) in [5.74, 6) is 3.19. The lowest BCUT2D eigenvalue weighted by molar-refractivity contribution is 0.368. The zero-order chi connectivity index (χ0) is 12.1. The highest BCUT2D eigenvalue weighted by molar-refractivity contribution is 6.18. The van der Waals surface area contributed by atoms with Crippen molar-refractivity contribution in [1.82, 2.24) is 0 Å². The molecule has 2 rings (SSSR count).